The number of carbonyl (C=O) groups excluding carboxylic acids is 1. The van der Waals surface area contributed by atoms with Crippen LogP contribution in [0.2, 0.25) is 5.02 Å². The summed E-state index contributed by atoms with van der Waals surface area (Å²) in [6.07, 6.45) is 0. The van der Waals surface area contributed by atoms with Gasteiger partial charge in [-0.2, -0.15) is 0 Å². The lowest BCUT2D eigenvalue weighted by Gasteiger charge is -2.36. The van der Waals surface area contributed by atoms with Crippen LogP contribution in [0.1, 0.15) is 5.56 Å². The zero-order valence-corrected chi connectivity index (χ0v) is 17.5. The molecule has 1 aliphatic rings. The summed E-state index contributed by atoms with van der Waals surface area (Å²) in [6.45, 7) is 5.07. The van der Waals surface area contributed by atoms with Crippen molar-refractivity contribution in [1.29, 1.82) is 0 Å². The first-order valence-corrected chi connectivity index (χ1v) is 10.5. The minimum Gasteiger partial charge on any atom is -0.369 e. The predicted molar refractivity (Wildman–Crippen MR) is 124 cm³/mol. The fourth-order valence-corrected chi connectivity index (χ4v) is 3.71. The molecule has 154 valence electrons. The molecule has 0 radical (unpaired) electrons. The van der Waals surface area contributed by atoms with E-state index < -0.39 is 0 Å². The van der Waals surface area contributed by atoms with Gasteiger partial charge in [-0.05, 0) is 54.1 Å². The number of halogens is 1. The lowest BCUT2D eigenvalue weighted by molar-refractivity contribution is 0.250. The first-order chi connectivity index (χ1) is 14.7. The minimum atomic E-state index is -0.276. The van der Waals surface area contributed by atoms with Crippen LogP contribution in [-0.4, -0.2) is 37.1 Å². The largest absolute Gasteiger partial charge is 0.369 e. The smallest absolute Gasteiger partial charge is 0.323 e. The van der Waals surface area contributed by atoms with Gasteiger partial charge in [-0.15, -0.1) is 0 Å². The number of hydrogen-bond acceptors (Lipinski definition) is 3. The lowest BCUT2D eigenvalue weighted by Crippen LogP contribution is -2.45. The van der Waals surface area contributed by atoms with Gasteiger partial charge in [0, 0.05) is 54.8 Å². The second-order valence-corrected chi connectivity index (χ2v) is 7.82. The van der Waals surface area contributed by atoms with Gasteiger partial charge in [0.1, 0.15) is 0 Å². The molecule has 30 heavy (non-hydrogen) atoms. The van der Waals surface area contributed by atoms with Crippen molar-refractivity contribution in [3.63, 3.8) is 0 Å². The van der Waals surface area contributed by atoms with Crippen molar-refractivity contribution in [3.8, 4) is 0 Å². The Morgan fingerprint density at radius 1 is 0.767 bits per heavy atom. The van der Waals surface area contributed by atoms with Gasteiger partial charge in [0.2, 0.25) is 0 Å². The van der Waals surface area contributed by atoms with Gasteiger partial charge in [-0.1, -0.05) is 41.9 Å². The number of anilines is 3. The van der Waals surface area contributed by atoms with E-state index in [0.29, 0.717) is 10.7 Å². The third-order valence-electron chi connectivity index (χ3n) is 5.21. The van der Waals surface area contributed by atoms with E-state index in [1.807, 2.05) is 12.1 Å². The Balaban J connectivity index is 1.25. The number of piperazine rings is 1. The highest BCUT2D eigenvalue weighted by atomic mass is 35.5. The summed E-state index contributed by atoms with van der Waals surface area (Å²) in [4.78, 5) is 17.0. The number of urea groups is 1. The molecule has 0 aromatic heterocycles. The Hall–Kier alpha value is -3.02. The topological polar surface area (TPSA) is 47.6 Å². The van der Waals surface area contributed by atoms with E-state index in [1.54, 1.807) is 24.3 Å². The quantitative estimate of drug-likeness (QED) is 0.588. The summed E-state index contributed by atoms with van der Waals surface area (Å²) in [7, 11) is 0. The number of carbonyl (C=O) groups is 1. The fraction of sp³-hybridized carbons (Fsp3) is 0.208. The SMILES string of the molecule is O=C(Nc1ccc(Cl)cc1)Nc1ccc(CN2CCN(c3ccccc3)CC2)cc1. The number of nitrogens with zero attached hydrogens (tertiary/aromatic N) is 2. The van der Waals surface area contributed by atoms with Crippen LogP contribution in [0.15, 0.2) is 78.9 Å². The Morgan fingerprint density at radius 2 is 1.33 bits per heavy atom. The van der Waals surface area contributed by atoms with Crippen molar-refractivity contribution >= 4 is 34.7 Å². The normalized spacial score (nSPS) is 14.4. The molecule has 3 aromatic carbocycles. The standard InChI is InChI=1S/C24H25ClN4O/c25-20-8-12-22(13-9-20)27-24(30)26-21-10-6-19(7-11-21)18-28-14-16-29(17-15-28)23-4-2-1-3-5-23/h1-13H,14-18H2,(H2,26,27,30). The Labute approximate surface area is 182 Å². The van der Waals surface area contributed by atoms with Gasteiger partial charge in [-0.25, -0.2) is 4.79 Å². The average Bonchev–Trinajstić information content (AvgIpc) is 2.78. The zero-order valence-electron chi connectivity index (χ0n) is 16.7. The van der Waals surface area contributed by atoms with Crippen molar-refractivity contribution < 1.29 is 4.79 Å². The molecule has 0 unspecified atom stereocenters. The van der Waals surface area contributed by atoms with E-state index >= 15 is 0 Å². The van der Waals surface area contributed by atoms with Crippen molar-refractivity contribution in [1.82, 2.24) is 4.90 Å². The summed E-state index contributed by atoms with van der Waals surface area (Å²) in [5.74, 6) is 0. The van der Waals surface area contributed by atoms with Crippen LogP contribution in [0.4, 0.5) is 21.9 Å². The maximum absolute atomic E-state index is 12.1. The minimum absolute atomic E-state index is 0.276. The molecule has 3 aromatic rings. The predicted octanol–water partition coefficient (Wildman–Crippen LogP) is 5.31. The maximum Gasteiger partial charge on any atom is 0.323 e. The molecule has 0 bridgehead atoms. The fourth-order valence-electron chi connectivity index (χ4n) is 3.58. The van der Waals surface area contributed by atoms with Gasteiger partial charge in [0.25, 0.3) is 0 Å². The summed E-state index contributed by atoms with van der Waals surface area (Å²) >= 11 is 5.86. The molecule has 0 atom stereocenters. The summed E-state index contributed by atoms with van der Waals surface area (Å²) in [5.41, 5.74) is 4.00. The monoisotopic (exact) mass is 420 g/mol. The highest BCUT2D eigenvalue weighted by molar-refractivity contribution is 6.30. The van der Waals surface area contributed by atoms with Gasteiger partial charge in [-0.3, -0.25) is 4.90 Å². The molecule has 0 aliphatic carbocycles. The molecule has 2 amide bonds. The number of benzene rings is 3. The lowest BCUT2D eigenvalue weighted by atomic mass is 10.1. The third-order valence-corrected chi connectivity index (χ3v) is 5.47. The first-order valence-electron chi connectivity index (χ1n) is 10.1. The number of amides is 2. The summed E-state index contributed by atoms with van der Waals surface area (Å²) in [6, 6.07) is 25.3. The molecular formula is C24H25ClN4O. The van der Waals surface area contributed by atoms with E-state index in [-0.39, 0.29) is 6.03 Å². The molecule has 0 saturated carbocycles. The molecule has 1 heterocycles. The maximum atomic E-state index is 12.1. The first kappa shape index (κ1) is 20.3. The number of rotatable bonds is 5. The molecule has 6 heteroatoms. The van der Waals surface area contributed by atoms with Crippen molar-refractivity contribution in [2.24, 2.45) is 0 Å². The summed E-state index contributed by atoms with van der Waals surface area (Å²) < 4.78 is 0. The number of nitrogens with one attached hydrogen (secondary N) is 2. The number of para-hydroxylation sites is 1. The molecule has 2 N–H and O–H groups in total. The van der Waals surface area contributed by atoms with Crippen LogP contribution >= 0.6 is 11.6 Å². The molecule has 1 saturated heterocycles. The van der Waals surface area contributed by atoms with Crippen molar-refractivity contribution in [3.05, 3.63) is 89.4 Å². The van der Waals surface area contributed by atoms with Crippen LogP contribution in [0.5, 0.6) is 0 Å². The van der Waals surface area contributed by atoms with E-state index in [4.69, 9.17) is 11.6 Å². The highest BCUT2D eigenvalue weighted by Gasteiger charge is 2.17. The van der Waals surface area contributed by atoms with Crippen LogP contribution in [0.3, 0.4) is 0 Å². The van der Waals surface area contributed by atoms with Gasteiger partial charge in [0.15, 0.2) is 0 Å². The Kier molecular flexibility index (Phi) is 6.52. The second-order valence-electron chi connectivity index (χ2n) is 7.38. The van der Waals surface area contributed by atoms with Crippen LogP contribution in [-0.2, 0) is 6.54 Å². The third kappa shape index (κ3) is 5.53. The summed E-state index contributed by atoms with van der Waals surface area (Å²) in [5, 5.41) is 6.29. The van der Waals surface area contributed by atoms with E-state index in [0.717, 1.165) is 38.4 Å². The molecule has 1 aliphatic heterocycles. The van der Waals surface area contributed by atoms with E-state index in [9.17, 15) is 4.79 Å². The average molecular weight is 421 g/mol. The Morgan fingerprint density at radius 3 is 1.93 bits per heavy atom. The molecule has 4 rings (SSSR count). The van der Waals surface area contributed by atoms with Crippen LogP contribution < -0.4 is 15.5 Å². The van der Waals surface area contributed by atoms with Crippen molar-refractivity contribution in [2.45, 2.75) is 6.54 Å². The van der Waals surface area contributed by atoms with E-state index in [1.165, 1.54) is 11.3 Å². The second kappa shape index (κ2) is 9.65. The van der Waals surface area contributed by atoms with Gasteiger partial charge >= 0.3 is 6.03 Å². The van der Waals surface area contributed by atoms with Gasteiger partial charge < -0.3 is 15.5 Å². The highest BCUT2D eigenvalue weighted by Crippen LogP contribution is 2.18. The van der Waals surface area contributed by atoms with E-state index in [2.05, 4.69) is 62.9 Å². The van der Waals surface area contributed by atoms with Crippen molar-refractivity contribution in [2.75, 3.05) is 41.7 Å². The number of hydrogen-bond donors (Lipinski definition) is 2. The molecule has 5 nitrogen and oxygen atoms in total. The Bertz CT molecular complexity index is 953. The van der Waals surface area contributed by atoms with Gasteiger partial charge in [0.05, 0.1) is 0 Å². The van der Waals surface area contributed by atoms with Crippen LogP contribution in [0.25, 0.3) is 0 Å². The molecule has 1 fully saturated rings. The molecule has 0 spiro atoms. The molecular weight excluding hydrogens is 396 g/mol. The van der Waals surface area contributed by atoms with Crippen LogP contribution in [0, 0.1) is 0 Å². The zero-order chi connectivity index (χ0) is 20.8.